The number of pyridine rings is 3. The summed E-state index contributed by atoms with van der Waals surface area (Å²) in [6, 6.07) is 42.3. The summed E-state index contributed by atoms with van der Waals surface area (Å²) in [5.41, 5.74) is 16.2. The standard InChI is InChI=1S/C25H23F3N4O3.C23H20F3N3O4.C21H15F3N2O3/c1-31-11-13-32(14-12-31)24(34)19-15-17(25(26,27)28)7-10-22(19)35-18-8-5-16(6-9-18)20-3-2-4-21(30-20)23(29)33;1-29(11-12-30)22(32)17-13-15(23(24,25)26)7-10-20(17)33-16-8-5-14(6-9-16)18-3-2-4-19(28-18)21(27)31;1-12(27)16-11-14(21(22,23)24)7-10-19(16)29-15-8-5-13(6-9-15)17-3-2-4-18(26-17)20(25)28/h2-10,15H,11-14H2,1H3,(H2,29,33);2-10,13,30H,11-12H2,1H3,(H2,27,31);2-11H,1H3,(H2,25,28). The number of aliphatic hydroxyl groups is 1. The predicted molar refractivity (Wildman–Crippen MR) is 337 cm³/mol. The number of alkyl halides is 9. The predicted octanol–water partition coefficient (Wildman–Crippen LogP) is 12.6. The largest absolute Gasteiger partial charge is 0.457 e. The van der Waals surface area contributed by atoms with Gasteiger partial charge in [-0.25, -0.2) is 15.0 Å². The van der Waals surface area contributed by atoms with Crippen LogP contribution >= 0.6 is 0 Å². The number of aromatic nitrogens is 3. The number of carbonyl (C=O) groups is 6. The van der Waals surface area contributed by atoms with Crippen molar-refractivity contribution in [2.24, 2.45) is 17.2 Å². The van der Waals surface area contributed by atoms with Gasteiger partial charge in [0.1, 0.15) is 51.6 Å². The molecule has 9 aromatic rings. The number of primary amides is 3. The van der Waals surface area contributed by atoms with E-state index in [-0.39, 0.29) is 69.9 Å². The highest BCUT2D eigenvalue weighted by molar-refractivity contribution is 5.99. The van der Waals surface area contributed by atoms with E-state index in [0.29, 0.717) is 71.5 Å². The van der Waals surface area contributed by atoms with Crippen LogP contribution in [0, 0.1) is 0 Å². The highest BCUT2D eigenvalue weighted by Gasteiger charge is 2.35. The number of Topliss-reactive ketones (excluding diaryl/α,β-unsaturated/α-hetero) is 1. The molecule has 0 spiro atoms. The van der Waals surface area contributed by atoms with E-state index in [0.717, 1.165) is 59.5 Å². The Kier molecular flexibility index (Phi) is 22.6. The number of nitrogens with two attached hydrogens (primary N) is 3. The van der Waals surface area contributed by atoms with Crippen LogP contribution in [-0.2, 0) is 18.5 Å². The van der Waals surface area contributed by atoms with Gasteiger partial charge in [-0.3, -0.25) is 28.8 Å². The highest BCUT2D eigenvalue weighted by Crippen LogP contribution is 2.39. The molecule has 0 saturated carbocycles. The third-order valence-corrected chi connectivity index (χ3v) is 14.5. The molecule has 4 heterocycles. The van der Waals surface area contributed by atoms with Crippen molar-refractivity contribution in [2.45, 2.75) is 25.5 Å². The SMILES string of the molecule is CC(=O)c1cc(C(F)(F)F)ccc1Oc1ccc(-c2cccc(C(N)=O)n2)cc1.CN(CCO)C(=O)c1cc(C(F)(F)F)ccc1Oc1ccc(-c2cccc(C(N)=O)n2)cc1.CN1CCN(C(=O)c2cc(C(F)(F)F)ccc2Oc2ccc(-c3cccc(C(N)=O)n3)cc2)CC1. The highest BCUT2D eigenvalue weighted by atomic mass is 19.4. The fourth-order valence-electron chi connectivity index (χ4n) is 9.29. The molecule has 6 aromatic carbocycles. The maximum atomic E-state index is 13.4. The monoisotopic (exact) mass is 1340 g/mol. The van der Waals surface area contributed by atoms with Crippen molar-refractivity contribution in [3.8, 4) is 68.3 Å². The van der Waals surface area contributed by atoms with Gasteiger partial charge in [-0.15, -0.1) is 0 Å². The Hall–Kier alpha value is -11.5. The maximum absolute atomic E-state index is 13.4. The minimum Gasteiger partial charge on any atom is -0.457 e. The van der Waals surface area contributed by atoms with Crippen LogP contribution < -0.4 is 31.4 Å². The van der Waals surface area contributed by atoms with E-state index < -0.39 is 70.5 Å². The Morgan fingerprint density at radius 1 is 0.464 bits per heavy atom. The molecule has 502 valence electrons. The van der Waals surface area contributed by atoms with Crippen LogP contribution in [0.4, 0.5) is 39.5 Å². The molecule has 28 heteroatoms. The Bertz CT molecular complexity index is 4360. The number of piperazine rings is 1. The number of benzene rings is 6. The quantitative estimate of drug-likeness (QED) is 0.0487. The van der Waals surface area contributed by atoms with Crippen molar-refractivity contribution in [1.82, 2.24) is 29.7 Å². The fraction of sp³-hybridized carbons (Fsp3) is 0.174. The summed E-state index contributed by atoms with van der Waals surface area (Å²) in [5, 5.41) is 9.05. The summed E-state index contributed by atoms with van der Waals surface area (Å²) >= 11 is 0. The Balaban J connectivity index is 0.000000187. The lowest BCUT2D eigenvalue weighted by Crippen LogP contribution is -2.47. The number of ether oxygens (including phenoxy) is 3. The number of hydrogen-bond donors (Lipinski definition) is 4. The van der Waals surface area contributed by atoms with Gasteiger partial charge in [-0.2, -0.15) is 39.5 Å². The van der Waals surface area contributed by atoms with Gasteiger partial charge in [0, 0.05) is 56.5 Å². The van der Waals surface area contributed by atoms with Crippen molar-refractivity contribution >= 4 is 35.3 Å². The molecule has 10 rings (SSSR count). The van der Waals surface area contributed by atoms with E-state index in [4.69, 9.17) is 36.5 Å². The van der Waals surface area contributed by atoms with E-state index in [1.165, 1.54) is 37.1 Å². The number of hydrogen-bond acceptors (Lipinski definition) is 14. The van der Waals surface area contributed by atoms with Gasteiger partial charge >= 0.3 is 18.5 Å². The molecule has 1 aliphatic rings. The molecule has 5 amide bonds. The number of amides is 5. The van der Waals surface area contributed by atoms with Crippen molar-refractivity contribution in [1.29, 1.82) is 0 Å². The smallest absolute Gasteiger partial charge is 0.416 e. The zero-order chi connectivity index (χ0) is 70.5. The average Bonchev–Trinajstić information content (AvgIpc) is 0.828. The van der Waals surface area contributed by atoms with Crippen molar-refractivity contribution in [2.75, 3.05) is 53.4 Å². The van der Waals surface area contributed by atoms with Crippen LogP contribution in [0.25, 0.3) is 33.8 Å². The number of aliphatic hydroxyl groups excluding tert-OH is 1. The van der Waals surface area contributed by atoms with Gasteiger partial charge in [0.25, 0.3) is 29.5 Å². The average molecular weight is 1340 g/mol. The first-order valence-electron chi connectivity index (χ1n) is 29.0. The number of halogens is 9. The number of rotatable bonds is 17. The topological polar surface area (TPSA) is 277 Å². The van der Waals surface area contributed by atoms with Crippen molar-refractivity contribution < 1.29 is 87.6 Å². The normalized spacial score (nSPS) is 12.4. The summed E-state index contributed by atoms with van der Waals surface area (Å²) in [4.78, 5) is 88.8. The zero-order valence-corrected chi connectivity index (χ0v) is 51.5. The third-order valence-electron chi connectivity index (χ3n) is 14.5. The van der Waals surface area contributed by atoms with Gasteiger partial charge in [-0.1, -0.05) is 18.2 Å². The molecule has 0 bridgehead atoms. The van der Waals surface area contributed by atoms with E-state index in [1.807, 2.05) is 11.9 Å². The summed E-state index contributed by atoms with van der Waals surface area (Å²) in [5.74, 6) is -2.85. The molecule has 0 aliphatic carbocycles. The molecule has 1 aliphatic heterocycles. The third kappa shape index (κ3) is 18.9. The minimum atomic E-state index is -4.64. The fourth-order valence-corrected chi connectivity index (χ4v) is 9.29. The van der Waals surface area contributed by atoms with Crippen LogP contribution in [-0.4, -0.2) is 124 Å². The molecular weight excluding hydrogens is 1290 g/mol. The lowest BCUT2D eigenvalue weighted by atomic mass is 10.1. The number of carbonyl (C=O) groups excluding carboxylic acids is 6. The maximum Gasteiger partial charge on any atom is 0.416 e. The lowest BCUT2D eigenvalue weighted by Gasteiger charge is -2.32. The van der Waals surface area contributed by atoms with Gasteiger partial charge in [0.05, 0.1) is 57.1 Å². The van der Waals surface area contributed by atoms with Crippen molar-refractivity contribution in [3.63, 3.8) is 0 Å². The van der Waals surface area contributed by atoms with Gasteiger partial charge in [0.15, 0.2) is 5.78 Å². The first-order chi connectivity index (χ1) is 45.9. The number of ketones is 1. The Labute approximate surface area is 547 Å². The van der Waals surface area contributed by atoms with E-state index in [9.17, 15) is 68.3 Å². The van der Waals surface area contributed by atoms with E-state index >= 15 is 0 Å². The first-order valence-corrected chi connectivity index (χ1v) is 29.0. The second kappa shape index (κ2) is 30.7. The van der Waals surface area contributed by atoms with Crippen LogP contribution in [0.15, 0.2) is 182 Å². The van der Waals surface area contributed by atoms with Gasteiger partial charge in [-0.05, 0) is 178 Å². The van der Waals surface area contributed by atoms with Gasteiger partial charge in [0.2, 0.25) is 0 Å². The summed E-state index contributed by atoms with van der Waals surface area (Å²) < 4.78 is 135. The molecular formula is C69H58F9N9O10. The molecule has 1 saturated heterocycles. The van der Waals surface area contributed by atoms with Crippen LogP contribution in [0.5, 0.6) is 34.5 Å². The van der Waals surface area contributed by atoms with Gasteiger partial charge < -0.3 is 51.2 Å². The Morgan fingerprint density at radius 2 is 0.784 bits per heavy atom. The van der Waals surface area contributed by atoms with Crippen molar-refractivity contribution in [3.05, 3.63) is 232 Å². The molecule has 7 N–H and O–H groups in total. The molecule has 0 radical (unpaired) electrons. The summed E-state index contributed by atoms with van der Waals surface area (Å²) in [7, 11) is 3.29. The number of likely N-dealkylation sites (N-methyl/N-ethyl adjacent to an activating group) is 2. The molecule has 97 heavy (non-hydrogen) atoms. The van der Waals surface area contributed by atoms with E-state index in [2.05, 4.69) is 15.0 Å². The van der Waals surface area contributed by atoms with Crippen LogP contribution in [0.3, 0.4) is 0 Å². The molecule has 0 atom stereocenters. The molecule has 3 aromatic heterocycles. The van der Waals surface area contributed by atoms with Crippen LogP contribution in [0.1, 0.15) is 86.2 Å². The van der Waals surface area contributed by atoms with E-state index in [1.54, 1.807) is 109 Å². The second-order valence-electron chi connectivity index (χ2n) is 21.4. The first kappa shape index (κ1) is 71.3. The molecule has 0 unspecified atom stereocenters. The summed E-state index contributed by atoms with van der Waals surface area (Å²) in [6.45, 7) is 2.86. The molecule has 19 nitrogen and oxygen atoms in total. The zero-order valence-electron chi connectivity index (χ0n) is 51.5. The molecule has 1 fully saturated rings. The Morgan fingerprint density at radius 3 is 1.10 bits per heavy atom. The lowest BCUT2D eigenvalue weighted by molar-refractivity contribution is -0.138. The number of nitrogens with zero attached hydrogens (tertiary/aromatic N) is 6. The minimum absolute atomic E-state index is 0.0205. The van der Waals surface area contributed by atoms with Crippen LogP contribution in [0.2, 0.25) is 0 Å². The second-order valence-corrected chi connectivity index (χ2v) is 21.4. The summed E-state index contributed by atoms with van der Waals surface area (Å²) in [6.07, 6.45) is -13.8.